The number of aromatic nitrogens is 3. The highest BCUT2D eigenvalue weighted by Crippen LogP contribution is 2.38. The maximum Gasteiger partial charge on any atom is 0.358 e. The van der Waals surface area contributed by atoms with Crippen LogP contribution in [-0.2, 0) is 32.1 Å². The van der Waals surface area contributed by atoms with E-state index in [4.69, 9.17) is 14.5 Å². The molecule has 83 heavy (non-hydrogen) atoms. The smallest absolute Gasteiger partial charge is 0.358 e. The van der Waals surface area contributed by atoms with Crippen LogP contribution in [0.25, 0.3) is 31.8 Å². The van der Waals surface area contributed by atoms with Crippen molar-refractivity contribution in [1.82, 2.24) is 30.5 Å². The number of benzene rings is 4. The maximum absolute atomic E-state index is 14.4. The lowest BCUT2D eigenvalue weighted by Crippen LogP contribution is -2.58. The Morgan fingerprint density at radius 3 is 2.29 bits per heavy atom. The number of aliphatic hydroxyl groups is 1. The van der Waals surface area contributed by atoms with Gasteiger partial charge in [0.05, 0.1) is 44.5 Å². The summed E-state index contributed by atoms with van der Waals surface area (Å²) in [7, 11) is 0. The number of anilines is 2. The summed E-state index contributed by atoms with van der Waals surface area (Å²) in [5, 5.41) is 20.5. The van der Waals surface area contributed by atoms with Crippen LogP contribution in [0.15, 0.2) is 103 Å². The average Bonchev–Trinajstić information content (AvgIpc) is 4.37. The number of hydrogen-bond acceptors (Lipinski definition) is 14. The quantitative estimate of drug-likeness (QED) is 0.0708. The first-order valence-corrected chi connectivity index (χ1v) is 30.4. The van der Waals surface area contributed by atoms with Gasteiger partial charge in [-0.05, 0) is 155 Å². The van der Waals surface area contributed by atoms with Gasteiger partial charge in [0.1, 0.15) is 29.3 Å². The molecule has 4 atom stereocenters. The van der Waals surface area contributed by atoms with Crippen molar-refractivity contribution in [3.05, 3.63) is 142 Å². The van der Waals surface area contributed by atoms with Crippen molar-refractivity contribution in [1.29, 1.82) is 0 Å². The number of rotatable bonds is 15. The number of amides is 4. The van der Waals surface area contributed by atoms with Crippen LogP contribution in [0.3, 0.4) is 0 Å². The summed E-state index contributed by atoms with van der Waals surface area (Å²) in [5.74, 6) is -0.448. The highest BCUT2D eigenvalue weighted by atomic mass is 32.1. The summed E-state index contributed by atoms with van der Waals surface area (Å²) in [6, 6.07) is 29.0. The van der Waals surface area contributed by atoms with Crippen molar-refractivity contribution in [2.75, 3.05) is 23.3 Å². The van der Waals surface area contributed by atoms with E-state index < -0.39 is 41.1 Å². The van der Waals surface area contributed by atoms with E-state index in [2.05, 4.69) is 36.9 Å². The number of carbonyl (C=O) groups is 5. The largest absolute Gasteiger partial charge is 0.490 e. The number of thiazole rings is 2. The van der Waals surface area contributed by atoms with Gasteiger partial charge in [0.25, 0.3) is 5.91 Å². The summed E-state index contributed by atoms with van der Waals surface area (Å²) >= 11 is 3.01. The molecule has 0 spiro atoms. The predicted octanol–water partition coefficient (Wildman–Crippen LogP) is 11.6. The Morgan fingerprint density at radius 1 is 0.831 bits per heavy atom. The molecule has 4 N–H and O–H groups in total. The lowest BCUT2D eigenvalue weighted by molar-refractivity contribution is -0.144. The van der Waals surface area contributed by atoms with Crippen LogP contribution in [0, 0.1) is 25.2 Å². The number of carbonyl (C=O) groups excluding carboxylic acids is 5. The highest BCUT2D eigenvalue weighted by molar-refractivity contribution is 7.22. The molecule has 434 valence electrons. The fourth-order valence-electron chi connectivity index (χ4n) is 11.6. The SMILES string of the molecule is Cc1ncsc1-c1ccc([C@H](C)NC(=O)[C@@H]2C[C@@H](O)CN2C(=O)C(NC(=O)CC2CCC(Oc3cccc(-c4ccc(N5CCc6cccc(C(=O)Nc7nc8ccccc8s7)c6C5)nc4C(=O)OC(C)(C)C)c3C)CC2)C(C)(C)C)cc1. The van der Waals surface area contributed by atoms with Gasteiger partial charge in [0.15, 0.2) is 10.8 Å². The van der Waals surface area contributed by atoms with E-state index in [-0.39, 0.29) is 60.9 Å². The van der Waals surface area contributed by atoms with E-state index in [0.717, 1.165) is 67.0 Å². The van der Waals surface area contributed by atoms with Crippen molar-refractivity contribution >= 4 is 73.4 Å². The van der Waals surface area contributed by atoms with Crippen LogP contribution < -0.4 is 25.6 Å². The third-order valence-corrected chi connectivity index (χ3v) is 18.0. The third-order valence-electron chi connectivity index (χ3n) is 16.0. The third kappa shape index (κ3) is 13.5. The van der Waals surface area contributed by atoms with Gasteiger partial charge < -0.3 is 35.0 Å². The molecule has 7 aromatic rings. The predicted molar refractivity (Wildman–Crippen MR) is 326 cm³/mol. The Kier molecular flexibility index (Phi) is 17.2. The molecule has 2 fully saturated rings. The zero-order chi connectivity index (χ0) is 58.9. The number of β-amino-alcohol motifs (C(OH)–C–C–N with tert-alkyl or cyclic N) is 1. The number of nitrogens with one attached hydrogen (secondary N) is 3. The number of aryl methyl sites for hydroxylation is 1. The van der Waals surface area contributed by atoms with E-state index in [1.54, 1.807) is 11.3 Å². The van der Waals surface area contributed by atoms with Crippen molar-refractivity contribution in [3.8, 4) is 27.3 Å². The Hall–Kier alpha value is -7.54. The van der Waals surface area contributed by atoms with E-state index in [9.17, 15) is 29.1 Å². The van der Waals surface area contributed by atoms with Crippen molar-refractivity contribution in [3.63, 3.8) is 0 Å². The molecular weight excluding hydrogens is 1080 g/mol. The molecule has 0 radical (unpaired) electrons. The van der Waals surface area contributed by atoms with E-state index in [1.165, 1.54) is 16.2 Å². The van der Waals surface area contributed by atoms with Gasteiger partial charge in [-0.2, -0.15) is 0 Å². The summed E-state index contributed by atoms with van der Waals surface area (Å²) in [6.07, 6.45) is 2.90. The van der Waals surface area contributed by atoms with E-state index in [0.29, 0.717) is 60.2 Å². The van der Waals surface area contributed by atoms with Gasteiger partial charge in [-0.25, -0.2) is 19.7 Å². The molecule has 16 nitrogen and oxygen atoms in total. The maximum atomic E-state index is 14.4. The number of fused-ring (bicyclic) bond motifs is 2. The van der Waals surface area contributed by atoms with Crippen LogP contribution >= 0.6 is 22.7 Å². The number of para-hydroxylation sites is 1. The lowest BCUT2D eigenvalue weighted by Gasteiger charge is -2.36. The van der Waals surface area contributed by atoms with Gasteiger partial charge in [0, 0.05) is 43.6 Å². The molecule has 10 rings (SSSR count). The van der Waals surface area contributed by atoms with Gasteiger partial charge in [-0.1, -0.05) is 92.8 Å². The Morgan fingerprint density at radius 2 is 1.58 bits per heavy atom. The van der Waals surface area contributed by atoms with Crippen LogP contribution in [0.1, 0.15) is 142 Å². The lowest BCUT2D eigenvalue weighted by atomic mass is 9.83. The number of pyridine rings is 1. The van der Waals surface area contributed by atoms with Gasteiger partial charge in [-0.15, -0.1) is 11.3 Å². The standard InChI is InChI=1S/C65H74N8O8S2/c1-37-46(47-28-29-54(69-56(47)62(79)81-65(7,8)9)72-31-30-42-14-12-16-48(49(42)35-72)59(76)71-63-68-50-17-10-11-19-53(50)83-63)15-13-18-52(37)80-45-26-20-40(21-27-45)32-55(75)70-58(64(4,5)6)61(78)73-34-44(74)33-51(73)60(77)67-38(2)41-22-24-43(25-23-41)57-39(3)66-36-82-57/h10-19,22-25,28-29,36,38,40,44-45,51,58,74H,20-21,26-27,30-35H2,1-9H3,(H,67,77)(H,70,75)(H,68,71,76)/t38-,40?,44+,45?,51-,58?/m0/s1. The van der Waals surface area contributed by atoms with E-state index in [1.807, 2.05) is 159 Å². The Labute approximate surface area is 493 Å². The van der Waals surface area contributed by atoms with Crippen LogP contribution in [0.4, 0.5) is 10.9 Å². The van der Waals surface area contributed by atoms with Crippen molar-refractivity contribution in [2.45, 2.75) is 150 Å². The average molecular weight is 1160 g/mol. The monoisotopic (exact) mass is 1160 g/mol. The topological polar surface area (TPSA) is 205 Å². The first-order chi connectivity index (χ1) is 39.6. The molecule has 5 heterocycles. The Bertz CT molecular complexity index is 3520. The van der Waals surface area contributed by atoms with Crippen molar-refractivity contribution in [2.24, 2.45) is 11.3 Å². The van der Waals surface area contributed by atoms with Gasteiger partial charge in [-0.3, -0.25) is 24.5 Å². The molecule has 18 heteroatoms. The minimum atomic E-state index is -0.931. The number of esters is 1. The van der Waals surface area contributed by atoms with Gasteiger partial charge in [0.2, 0.25) is 17.7 Å². The fourth-order valence-corrected chi connectivity index (χ4v) is 13.2. The first kappa shape index (κ1) is 58.6. The first-order valence-electron chi connectivity index (χ1n) is 28.7. The molecule has 3 aliphatic rings. The highest BCUT2D eigenvalue weighted by Gasteiger charge is 2.45. The summed E-state index contributed by atoms with van der Waals surface area (Å²) in [4.78, 5) is 88.9. The number of nitrogens with zero attached hydrogens (tertiary/aromatic N) is 5. The molecule has 1 saturated carbocycles. The molecule has 1 saturated heterocycles. The Balaban J connectivity index is 0.769. The molecule has 4 aromatic carbocycles. The van der Waals surface area contributed by atoms with E-state index >= 15 is 0 Å². The number of ether oxygens (including phenoxy) is 2. The fraction of sp³-hybridized carbons (Fsp3) is 0.415. The molecule has 0 bridgehead atoms. The second-order valence-electron chi connectivity index (χ2n) is 24.4. The normalized spacial score (nSPS) is 18.9. The molecule has 4 amide bonds. The van der Waals surface area contributed by atoms with Gasteiger partial charge >= 0.3 is 5.97 Å². The van der Waals surface area contributed by atoms with Crippen molar-refractivity contribution < 1.29 is 38.6 Å². The number of hydrogen-bond donors (Lipinski definition) is 4. The second-order valence-corrected chi connectivity index (χ2v) is 26.3. The number of likely N-dealkylation sites (tertiary alicyclic amines) is 1. The van der Waals surface area contributed by atoms with Crippen LogP contribution in [-0.4, -0.2) is 97.5 Å². The number of aliphatic hydroxyl groups excluding tert-OH is 1. The molecule has 1 aliphatic carbocycles. The van der Waals surface area contributed by atoms with Crippen LogP contribution in [0.2, 0.25) is 0 Å². The van der Waals surface area contributed by atoms with Crippen LogP contribution in [0.5, 0.6) is 5.75 Å². The molecule has 2 aliphatic heterocycles. The zero-order valence-corrected chi connectivity index (χ0v) is 50.3. The molecule has 1 unspecified atom stereocenters. The molecule has 3 aromatic heterocycles. The minimum Gasteiger partial charge on any atom is -0.490 e. The summed E-state index contributed by atoms with van der Waals surface area (Å²) < 4.78 is 13.7. The molecular formula is C65H74N8O8S2. The minimum absolute atomic E-state index is 0.00991. The summed E-state index contributed by atoms with van der Waals surface area (Å²) in [6.45, 7) is 18.0. The summed E-state index contributed by atoms with van der Waals surface area (Å²) in [5.41, 5.74) is 9.02. The second kappa shape index (κ2) is 24.3. The zero-order valence-electron chi connectivity index (χ0n) is 48.7.